The van der Waals surface area contributed by atoms with Crippen LogP contribution in [0.3, 0.4) is 0 Å². The number of rotatable bonds is 11. The zero-order valence-electron chi connectivity index (χ0n) is 19.7. The van der Waals surface area contributed by atoms with E-state index in [2.05, 4.69) is 39.5 Å². The largest absolute Gasteiger partial charge is 0.497 e. The lowest BCUT2D eigenvalue weighted by Crippen LogP contribution is -2.44. The molecule has 1 aromatic rings. The quantitative estimate of drug-likeness (QED) is 0.319. The fourth-order valence-electron chi connectivity index (χ4n) is 4.47. The zero-order valence-corrected chi connectivity index (χ0v) is 19.7. The highest BCUT2D eigenvalue weighted by molar-refractivity contribution is 5.80. The van der Waals surface area contributed by atoms with Gasteiger partial charge < -0.3 is 25.0 Å². The van der Waals surface area contributed by atoms with Crippen LogP contribution in [-0.2, 0) is 6.54 Å². The summed E-state index contributed by atoms with van der Waals surface area (Å²) in [7, 11) is 3.39. The Morgan fingerprint density at radius 2 is 1.77 bits per heavy atom. The number of guanidine groups is 1. The molecule has 0 spiro atoms. The molecule has 1 aromatic carbocycles. The molecule has 0 saturated carbocycles. The maximum atomic E-state index is 5.41. The molecule has 1 unspecified atom stereocenters. The van der Waals surface area contributed by atoms with E-state index in [4.69, 9.17) is 14.5 Å². The second-order valence-electron chi connectivity index (χ2n) is 8.60. The van der Waals surface area contributed by atoms with Crippen molar-refractivity contribution < 1.29 is 9.47 Å². The molecule has 2 aliphatic heterocycles. The third-order valence-electron chi connectivity index (χ3n) is 6.13. The summed E-state index contributed by atoms with van der Waals surface area (Å²) >= 11 is 0. The number of hydrogen-bond acceptors (Lipinski definition) is 5. The molecule has 2 heterocycles. The molecule has 0 radical (unpaired) electrons. The minimum absolute atomic E-state index is 0.426. The molecule has 0 amide bonds. The summed E-state index contributed by atoms with van der Waals surface area (Å²) in [5, 5.41) is 7.06. The topological polar surface area (TPSA) is 61.4 Å². The smallest absolute Gasteiger partial charge is 0.191 e. The molecule has 7 nitrogen and oxygen atoms in total. The van der Waals surface area contributed by atoms with Gasteiger partial charge in [-0.3, -0.25) is 9.89 Å². The summed E-state index contributed by atoms with van der Waals surface area (Å²) in [5.74, 6) is 2.64. The Hall–Kier alpha value is -1.99. The minimum atomic E-state index is 0.426. The molecule has 1 atom stereocenters. The van der Waals surface area contributed by atoms with E-state index in [1.165, 1.54) is 44.5 Å². The zero-order chi connectivity index (χ0) is 21.9. The Bertz CT molecular complexity index is 668. The monoisotopic (exact) mass is 431 g/mol. The van der Waals surface area contributed by atoms with Gasteiger partial charge in [-0.2, -0.15) is 0 Å². The lowest BCUT2D eigenvalue weighted by molar-refractivity contribution is 0.321. The van der Waals surface area contributed by atoms with Gasteiger partial charge in [-0.15, -0.1) is 0 Å². The minimum Gasteiger partial charge on any atom is -0.497 e. The van der Waals surface area contributed by atoms with Crippen molar-refractivity contribution >= 4 is 5.96 Å². The fourth-order valence-corrected chi connectivity index (χ4v) is 4.47. The van der Waals surface area contributed by atoms with Gasteiger partial charge in [0.2, 0.25) is 0 Å². The molecule has 0 aromatic heterocycles. The van der Waals surface area contributed by atoms with Gasteiger partial charge in [0, 0.05) is 44.8 Å². The summed E-state index contributed by atoms with van der Waals surface area (Å²) < 4.78 is 10.8. The predicted molar refractivity (Wildman–Crippen MR) is 127 cm³/mol. The molecule has 2 N–H and O–H groups in total. The summed E-state index contributed by atoms with van der Waals surface area (Å²) in [5.41, 5.74) is 1.22. The van der Waals surface area contributed by atoms with Crippen LogP contribution >= 0.6 is 0 Å². The van der Waals surface area contributed by atoms with Crippen LogP contribution in [0.5, 0.6) is 11.5 Å². The van der Waals surface area contributed by atoms with Crippen LogP contribution in [0.2, 0.25) is 0 Å². The molecule has 7 heteroatoms. The highest BCUT2D eigenvalue weighted by Crippen LogP contribution is 2.24. The Kier molecular flexibility index (Phi) is 9.75. The molecule has 2 aliphatic rings. The number of hydrogen-bond donors (Lipinski definition) is 2. The highest BCUT2D eigenvalue weighted by Gasteiger charge is 2.23. The molecule has 0 aliphatic carbocycles. The molecule has 2 fully saturated rings. The van der Waals surface area contributed by atoms with Crippen LogP contribution in [0, 0.1) is 0 Å². The number of nitrogens with zero attached hydrogens (tertiary/aromatic N) is 3. The third kappa shape index (κ3) is 7.89. The number of benzene rings is 1. The number of aliphatic imine (C=N–C) groups is 1. The third-order valence-corrected chi connectivity index (χ3v) is 6.13. The van der Waals surface area contributed by atoms with Crippen LogP contribution < -0.4 is 20.1 Å². The van der Waals surface area contributed by atoms with Crippen molar-refractivity contribution in [1.29, 1.82) is 0 Å². The highest BCUT2D eigenvalue weighted by atomic mass is 16.5. The van der Waals surface area contributed by atoms with E-state index in [0.717, 1.165) is 63.0 Å². The lowest BCUT2D eigenvalue weighted by Gasteiger charge is -2.19. The van der Waals surface area contributed by atoms with E-state index in [9.17, 15) is 0 Å². The van der Waals surface area contributed by atoms with Crippen molar-refractivity contribution in [3.63, 3.8) is 0 Å². The van der Waals surface area contributed by atoms with Crippen LogP contribution in [0.25, 0.3) is 0 Å². The number of likely N-dealkylation sites (tertiary alicyclic amines) is 2. The first kappa shape index (κ1) is 23.7. The number of unbranched alkanes of at least 4 members (excludes halogenated alkanes) is 1. The van der Waals surface area contributed by atoms with Crippen molar-refractivity contribution in [1.82, 2.24) is 20.4 Å². The average molecular weight is 432 g/mol. The Morgan fingerprint density at radius 3 is 2.45 bits per heavy atom. The van der Waals surface area contributed by atoms with Gasteiger partial charge in [-0.25, -0.2) is 0 Å². The van der Waals surface area contributed by atoms with Gasteiger partial charge in [0.15, 0.2) is 5.96 Å². The molecule has 2 saturated heterocycles. The van der Waals surface area contributed by atoms with Crippen molar-refractivity contribution in [3.05, 3.63) is 23.8 Å². The van der Waals surface area contributed by atoms with Crippen molar-refractivity contribution in [2.24, 2.45) is 4.99 Å². The normalized spacial score (nSPS) is 20.2. The number of ether oxygens (including phenoxy) is 2. The van der Waals surface area contributed by atoms with E-state index in [-0.39, 0.29) is 0 Å². The van der Waals surface area contributed by atoms with Crippen molar-refractivity contribution in [2.45, 2.75) is 51.6 Å². The summed E-state index contributed by atoms with van der Waals surface area (Å²) in [6, 6.07) is 6.53. The SMILES string of the molecule is CCNC(=NCCCCN1CCCC1)NC1CCN(Cc2cc(OC)cc(OC)c2)C1. The summed E-state index contributed by atoms with van der Waals surface area (Å²) in [6.07, 6.45) is 6.26. The van der Waals surface area contributed by atoms with Crippen LogP contribution in [0.15, 0.2) is 23.2 Å². The van der Waals surface area contributed by atoms with Gasteiger partial charge in [0.1, 0.15) is 11.5 Å². The van der Waals surface area contributed by atoms with E-state index >= 15 is 0 Å². The van der Waals surface area contributed by atoms with Gasteiger partial charge in [-0.05, 0) is 76.4 Å². The first-order valence-electron chi connectivity index (χ1n) is 11.9. The fraction of sp³-hybridized carbons (Fsp3) is 0.708. The second-order valence-corrected chi connectivity index (χ2v) is 8.60. The molecular weight excluding hydrogens is 390 g/mol. The van der Waals surface area contributed by atoms with Crippen LogP contribution in [-0.4, -0.2) is 81.8 Å². The van der Waals surface area contributed by atoms with E-state index in [1.807, 2.05) is 6.07 Å². The number of nitrogens with one attached hydrogen (secondary N) is 2. The van der Waals surface area contributed by atoms with Gasteiger partial charge in [0.25, 0.3) is 0 Å². The second kappa shape index (κ2) is 12.8. The van der Waals surface area contributed by atoms with E-state index in [0.29, 0.717) is 6.04 Å². The molecule has 3 rings (SSSR count). The first-order chi connectivity index (χ1) is 15.2. The Morgan fingerprint density at radius 1 is 1.03 bits per heavy atom. The average Bonchev–Trinajstić information content (AvgIpc) is 3.45. The van der Waals surface area contributed by atoms with Crippen molar-refractivity contribution in [3.8, 4) is 11.5 Å². The molecular formula is C24H41N5O2. The standard InChI is InChI=1S/C24H41N5O2/c1-4-25-24(26-10-5-6-11-28-12-7-8-13-28)27-21-9-14-29(19-21)18-20-15-22(30-2)17-23(16-20)31-3/h15-17,21H,4-14,18-19H2,1-3H3,(H2,25,26,27). The van der Waals surface area contributed by atoms with Crippen molar-refractivity contribution in [2.75, 3.05) is 60.0 Å². The Balaban J connectivity index is 1.43. The van der Waals surface area contributed by atoms with Gasteiger partial charge in [0.05, 0.1) is 14.2 Å². The van der Waals surface area contributed by atoms with Gasteiger partial charge >= 0.3 is 0 Å². The molecule has 0 bridgehead atoms. The predicted octanol–water partition coefficient (Wildman–Crippen LogP) is 2.71. The first-order valence-corrected chi connectivity index (χ1v) is 11.9. The molecule has 31 heavy (non-hydrogen) atoms. The lowest BCUT2D eigenvalue weighted by atomic mass is 10.2. The summed E-state index contributed by atoms with van der Waals surface area (Å²) in [4.78, 5) is 9.88. The Labute approximate surface area is 188 Å². The maximum Gasteiger partial charge on any atom is 0.191 e. The van der Waals surface area contributed by atoms with Crippen LogP contribution in [0.4, 0.5) is 0 Å². The van der Waals surface area contributed by atoms with E-state index < -0.39 is 0 Å². The summed E-state index contributed by atoms with van der Waals surface area (Å²) in [6.45, 7) is 10.7. The number of methoxy groups -OCH3 is 2. The molecule has 174 valence electrons. The maximum absolute atomic E-state index is 5.41. The van der Waals surface area contributed by atoms with E-state index in [1.54, 1.807) is 14.2 Å². The van der Waals surface area contributed by atoms with Crippen LogP contribution in [0.1, 0.15) is 44.6 Å². The van der Waals surface area contributed by atoms with Gasteiger partial charge in [-0.1, -0.05) is 0 Å².